The molecule has 0 atom stereocenters. The van der Waals surface area contributed by atoms with Crippen molar-refractivity contribution in [3.63, 3.8) is 0 Å². The Balaban J connectivity index is 1.78. The van der Waals surface area contributed by atoms with Crippen LogP contribution in [0.1, 0.15) is 12.8 Å². The summed E-state index contributed by atoms with van der Waals surface area (Å²) in [5, 5.41) is 9.77. The molecule has 1 N–H and O–H groups in total. The van der Waals surface area contributed by atoms with E-state index in [-0.39, 0.29) is 0 Å². The third kappa shape index (κ3) is 3.13. The summed E-state index contributed by atoms with van der Waals surface area (Å²) in [4.78, 5) is 18.3. The first-order valence-electron chi connectivity index (χ1n) is 7.86. The van der Waals surface area contributed by atoms with Gasteiger partial charge in [-0.15, -0.1) is 0 Å². The van der Waals surface area contributed by atoms with Crippen molar-refractivity contribution >= 4 is 11.8 Å². The lowest BCUT2D eigenvalue weighted by atomic mass is 9.91. The number of nitrogens with zero attached hydrogens (tertiary/aromatic N) is 2. The van der Waals surface area contributed by atoms with Gasteiger partial charge in [-0.3, -0.25) is 0 Å². The molecular weight excluding hydrogens is 308 g/mol. The van der Waals surface area contributed by atoms with Gasteiger partial charge in [0, 0.05) is 32.1 Å². The van der Waals surface area contributed by atoms with Crippen molar-refractivity contribution in [1.29, 1.82) is 0 Å². The number of carboxylic acids is 1. The SMILES string of the molecule is COc1ccccc1OC1(C(=O)O)CCN(c2ccccn2)CC1. The zero-order valence-electron chi connectivity index (χ0n) is 13.5. The summed E-state index contributed by atoms with van der Waals surface area (Å²) in [5.74, 6) is 0.891. The molecule has 0 amide bonds. The molecule has 126 valence electrons. The number of piperidine rings is 1. The molecule has 24 heavy (non-hydrogen) atoms. The average Bonchev–Trinajstić information content (AvgIpc) is 2.63. The molecule has 1 fully saturated rings. The fourth-order valence-electron chi connectivity index (χ4n) is 2.91. The molecular formula is C18H20N2O4. The number of carbonyl (C=O) groups is 1. The Bertz CT molecular complexity index is 697. The van der Waals surface area contributed by atoms with Gasteiger partial charge in [0.2, 0.25) is 5.60 Å². The molecule has 0 bridgehead atoms. The number of pyridine rings is 1. The number of anilines is 1. The number of methoxy groups -OCH3 is 1. The lowest BCUT2D eigenvalue weighted by Crippen LogP contribution is -2.53. The highest BCUT2D eigenvalue weighted by Crippen LogP contribution is 2.35. The molecule has 6 nitrogen and oxygen atoms in total. The zero-order valence-corrected chi connectivity index (χ0v) is 13.5. The van der Waals surface area contributed by atoms with E-state index in [2.05, 4.69) is 9.88 Å². The lowest BCUT2D eigenvalue weighted by molar-refractivity contribution is -0.157. The van der Waals surface area contributed by atoms with Gasteiger partial charge >= 0.3 is 5.97 Å². The Morgan fingerprint density at radius 3 is 2.38 bits per heavy atom. The van der Waals surface area contributed by atoms with Crippen LogP contribution in [0.4, 0.5) is 5.82 Å². The summed E-state index contributed by atoms with van der Waals surface area (Å²) < 4.78 is 11.2. The van der Waals surface area contributed by atoms with Gasteiger partial charge in [-0.05, 0) is 24.3 Å². The molecule has 6 heteroatoms. The second kappa shape index (κ2) is 6.78. The Labute approximate surface area is 140 Å². The summed E-state index contributed by atoms with van der Waals surface area (Å²) in [7, 11) is 1.54. The number of hydrogen-bond donors (Lipinski definition) is 1. The second-order valence-corrected chi connectivity index (χ2v) is 5.73. The van der Waals surface area contributed by atoms with Crippen LogP contribution >= 0.6 is 0 Å². The van der Waals surface area contributed by atoms with Crippen LogP contribution in [0.3, 0.4) is 0 Å². The number of para-hydroxylation sites is 2. The maximum absolute atomic E-state index is 11.9. The molecule has 1 aromatic heterocycles. The minimum atomic E-state index is -1.25. The minimum absolute atomic E-state index is 0.372. The van der Waals surface area contributed by atoms with Crippen molar-refractivity contribution in [1.82, 2.24) is 4.98 Å². The molecule has 0 saturated carbocycles. The van der Waals surface area contributed by atoms with Gasteiger partial charge in [0.25, 0.3) is 0 Å². The van der Waals surface area contributed by atoms with Crippen molar-refractivity contribution in [2.24, 2.45) is 0 Å². The van der Waals surface area contributed by atoms with E-state index in [0.717, 1.165) is 5.82 Å². The summed E-state index contributed by atoms with van der Waals surface area (Å²) in [6, 6.07) is 12.8. The van der Waals surface area contributed by atoms with Gasteiger partial charge in [-0.1, -0.05) is 18.2 Å². The van der Waals surface area contributed by atoms with E-state index in [4.69, 9.17) is 9.47 Å². The Morgan fingerprint density at radius 2 is 1.79 bits per heavy atom. The van der Waals surface area contributed by atoms with Crippen LogP contribution in [-0.2, 0) is 4.79 Å². The van der Waals surface area contributed by atoms with Crippen LogP contribution in [0.15, 0.2) is 48.7 Å². The van der Waals surface area contributed by atoms with Crippen molar-refractivity contribution in [2.45, 2.75) is 18.4 Å². The van der Waals surface area contributed by atoms with Crippen molar-refractivity contribution < 1.29 is 19.4 Å². The molecule has 3 rings (SSSR count). The fraction of sp³-hybridized carbons (Fsp3) is 0.333. The van der Waals surface area contributed by atoms with Crippen LogP contribution in [-0.4, -0.2) is 41.9 Å². The quantitative estimate of drug-likeness (QED) is 0.909. The Morgan fingerprint density at radius 1 is 1.12 bits per heavy atom. The maximum atomic E-state index is 11.9. The zero-order chi connectivity index (χ0) is 17.0. The highest BCUT2D eigenvalue weighted by Gasteiger charge is 2.44. The monoisotopic (exact) mass is 328 g/mol. The summed E-state index contributed by atoms with van der Waals surface area (Å²) in [6.07, 6.45) is 2.48. The van der Waals surface area contributed by atoms with Gasteiger partial charge in [-0.2, -0.15) is 0 Å². The fourth-order valence-corrected chi connectivity index (χ4v) is 2.91. The topological polar surface area (TPSA) is 71.9 Å². The van der Waals surface area contributed by atoms with Crippen molar-refractivity contribution in [2.75, 3.05) is 25.1 Å². The molecule has 0 aliphatic carbocycles. The van der Waals surface area contributed by atoms with Crippen molar-refractivity contribution in [3.05, 3.63) is 48.7 Å². The highest BCUT2D eigenvalue weighted by atomic mass is 16.5. The van der Waals surface area contributed by atoms with Crippen LogP contribution in [0.2, 0.25) is 0 Å². The third-order valence-electron chi connectivity index (χ3n) is 4.31. The number of carboxylic acid groups (broad SMARTS) is 1. The van der Waals surface area contributed by atoms with E-state index in [1.54, 1.807) is 31.5 Å². The first kappa shape index (κ1) is 16.1. The molecule has 0 unspecified atom stereocenters. The largest absolute Gasteiger partial charge is 0.493 e. The van der Waals surface area contributed by atoms with E-state index >= 15 is 0 Å². The summed E-state index contributed by atoms with van der Waals surface area (Å²) in [5.41, 5.74) is -1.25. The molecule has 0 radical (unpaired) electrons. The molecule has 2 heterocycles. The third-order valence-corrected chi connectivity index (χ3v) is 4.31. The van der Waals surface area contributed by atoms with Gasteiger partial charge in [0.15, 0.2) is 11.5 Å². The lowest BCUT2D eigenvalue weighted by Gasteiger charge is -2.39. The summed E-state index contributed by atoms with van der Waals surface area (Å²) in [6.45, 7) is 1.14. The van der Waals surface area contributed by atoms with E-state index < -0.39 is 11.6 Å². The van der Waals surface area contributed by atoms with E-state index in [9.17, 15) is 9.90 Å². The average molecular weight is 328 g/mol. The van der Waals surface area contributed by atoms with E-state index in [1.165, 1.54) is 0 Å². The standard InChI is InChI=1S/C18H20N2O4/c1-23-14-6-2-3-7-15(14)24-18(17(21)22)9-12-20(13-10-18)16-8-4-5-11-19-16/h2-8,11H,9-10,12-13H2,1H3,(H,21,22). The summed E-state index contributed by atoms with van der Waals surface area (Å²) >= 11 is 0. The smallest absolute Gasteiger partial charge is 0.348 e. The number of hydrogen-bond acceptors (Lipinski definition) is 5. The van der Waals surface area contributed by atoms with Gasteiger partial charge < -0.3 is 19.5 Å². The van der Waals surface area contributed by atoms with E-state index in [0.29, 0.717) is 37.4 Å². The van der Waals surface area contributed by atoms with Gasteiger partial charge in [-0.25, -0.2) is 9.78 Å². The number of aliphatic carboxylic acids is 1. The first-order chi connectivity index (χ1) is 11.6. The number of rotatable bonds is 5. The molecule has 1 aliphatic rings. The predicted molar refractivity (Wildman–Crippen MR) is 89.7 cm³/mol. The number of ether oxygens (including phenoxy) is 2. The molecule has 0 spiro atoms. The normalized spacial score (nSPS) is 16.5. The van der Waals surface area contributed by atoms with Crippen molar-refractivity contribution in [3.8, 4) is 11.5 Å². The minimum Gasteiger partial charge on any atom is -0.493 e. The van der Waals surface area contributed by atoms with Gasteiger partial charge in [0.05, 0.1) is 7.11 Å². The van der Waals surface area contributed by atoms with Crippen LogP contribution in [0, 0.1) is 0 Å². The molecule has 2 aromatic rings. The molecule has 1 aliphatic heterocycles. The van der Waals surface area contributed by atoms with Gasteiger partial charge in [0.1, 0.15) is 5.82 Å². The van der Waals surface area contributed by atoms with Crippen LogP contribution < -0.4 is 14.4 Å². The Hall–Kier alpha value is -2.76. The van der Waals surface area contributed by atoms with Crippen LogP contribution in [0.25, 0.3) is 0 Å². The van der Waals surface area contributed by atoms with Crippen LogP contribution in [0.5, 0.6) is 11.5 Å². The first-order valence-corrected chi connectivity index (χ1v) is 7.86. The number of aromatic nitrogens is 1. The highest BCUT2D eigenvalue weighted by molar-refractivity contribution is 5.78. The molecule has 1 saturated heterocycles. The maximum Gasteiger partial charge on any atom is 0.348 e. The second-order valence-electron chi connectivity index (χ2n) is 5.73. The predicted octanol–water partition coefficient (Wildman–Crippen LogP) is 2.59. The Kier molecular flexibility index (Phi) is 4.55. The van der Waals surface area contributed by atoms with E-state index in [1.807, 2.05) is 24.3 Å². The molecule has 1 aromatic carbocycles. The number of benzene rings is 1.